The molecular weight excluding hydrogens is 898 g/mol. The first-order valence-electron chi connectivity index (χ1n) is 19.7. The molecule has 12 nitrogen and oxygen atoms in total. The van der Waals surface area contributed by atoms with Crippen LogP contribution in [-0.2, 0) is 37.9 Å². The summed E-state index contributed by atoms with van der Waals surface area (Å²) in [4.78, 5) is 27.4. The predicted molar refractivity (Wildman–Crippen MR) is 232 cm³/mol. The highest BCUT2D eigenvalue weighted by Crippen LogP contribution is 2.30. The summed E-state index contributed by atoms with van der Waals surface area (Å²) in [5, 5.41) is -0.472. The third-order valence-corrected chi connectivity index (χ3v) is 14.4. The highest BCUT2D eigenvalue weighted by atomic mass is 35.5. The maximum absolute atomic E-state index is 14.7. The normalized spacial score (nSPS) is 14.6. The van der Waals surface area contributed by atoms with Crippen LogP contribution in [0.1, 0.15) is 57.5 Å². The van der Waals surface area contributed by atoms with Crippen LogP contribution in [-0.4, -0.2) is 103 Å². The smallest absolute Gasteiger partial charge is 0.337 e. The molecule has 2 N–H and O–H groups in total. The highest BCUT2D eigenvalue weighted by molar-refractivity contribution is 7.93. The lowest BCUT2D eigenvalue weighted by molar-refractivity contribution is 0.0600. The SMILES string of the molecule is COC(=O)c1ccc(CN(c2ccc(F)c(Cl)c2)S(=O)(=O)CCN2CCCC2)c(F)c1.NCC(=O)c1ccc(CN(c2ccc(F)c(Cl)c2)S(=O)(=O)CCN2CCCC2)c(F)c1. The van der Waals surface area contributed by atoms with Crippen LogP contribution in [0.4, 0.5) is 28.9 Å². The minimum atomic E-state index is -3.89. The highest BCUT2D eigenvalue weighted by Gasteiger charge is 2.28. The molecule has 2 fully saturated rings. The number of hydrogen-bond donors (Lipinski definition) is 1. The number of halogens is 6. The minimum absolute atomic E-state index is 0.0111. The van der Waals surface area contributed by atoms with Crippen LogP contribution in [0.2, 0.25) is 10.0 Å². The fourth-order valence-electron chi connectivity index (χ4n) is 6.90. The monoisotopic (exact) mass is 943 g/mol. The molecule has 0 spiro atoms. The number of hydrogen-bond acceptors (Lipinski definition) is 10. The zero-order chi connectivity index (χ0) is 45.2. The van der Waals surface area contributed by atoms with E-state index in [2.05, 4.69) is 14.5 Å². The van der Waals surface area contributed by atoms with Crippen molar-refractivity contribution in [3.63, 3.8) is 0 Å². The van der Waals surface area contributed by atoms with Gasteiger partial charge in [0.05, 0.1) is 65.2 Å². The summed E-state index contributed by atoms with van der Waals surface area (Å²) in [5.41, 5.74) is 5.81. The number of esters is 1. The van der Waals surface area contributed by atoms with E-state index < -0.39 is 55.1 Å². The van der Waals surface area contributed by atoms with Crippen molar-refractivity contribution in [3.8, 4) is 0 Å². The van der Waals surface area contributed by atoms with E-state index in [4.69, 9.17) is 28.9 Å². The molecule has 4 aromatic carbocycles. The van der Waals surface area contributed by atoms with Crippen LogP contribution in [0, 0.1) is 23.3 Å². The number of ether oxygens (including phenoxy) is 1. The molecule has 0 saturated carbocycles. The number of nitrogens with two attached hydrogens (primary N) is 1. The number of carbonyl (C=O) groups excluding carboxylic acids is 2. The summed E-state index contributed by atoms with van der Waals surface area (Å²) in [6.45, 7) is 3.11. The average Bonchev–Trinajstić information content (AvgIpc) is 3.98. The Morgan fingerprint density at radius 1 is 0.629 bits per heavy atom. The largest absolute Gasteiger partial charge is 0.465 e. The van der Waals surface area contributed by atoms with Gasteiger partial charge in [-0.05, 0) is 106 Å². The molecule has 336 valence electrons. The fraction of sp³-hybridized carbons (Fsp3) is 0.381. The minimum Gasteiger partial charge on any atom is -0.465 e. The summed E-state index contributed by atoms with van der Waals surface area (Å²) < 4.78 is 116. The van der Waals surface area contributed by atoms with Crippen LogP contribution in [0.5, 0.6) is 0 Å². The third kappa shape index (κ3) is 12.9. The van der Waals surface area contributed by atoms with E-state index in [-0.39, 0.29) is 74.8 Å². The van der Waals surface area contributed by atoms with E-state index in [1.807, 2.05) is 0 Å². The summed E-state index contributed by atoms with van der Waals surface area (Å²) in [7, 11) is -6.59. The van der Waals surface area contributed by atoms with Gasteiger partial charge < -0.3 is 20.3 Å². The van der Waals surface area contributed by atoms with Gasteiger partial charge in [0.2, 0.25) is 20.0 Å². The number of likely N-dealkylation sites (tertiary alicyclic amines) is 2. The summed E-state index contributed by atoms with van der Waals surface area (Å²) in [6.07, 6.45) is 4.09. The molecule has 2 heterocycles. The van der Waals surface area contributed by atoms with Crippen molar-refractivity contribution in [3.05, 3.63) is 128 Å². The Kier molecular flexibility index (Phi) is 17.2. The van der Waals surface area contributed by atoms with Crippen molar-refractivity contribution < 1.29 is 48.7 Å². The molecule has 2 aliphatic heterocycles. The zero-order valence-corrected chi connectivity index (χ0v) is 37.0. The first-order chi connectivity index (χ1) is 29.4. The Labute approximate surface area is 369 Å². The molecule has 4 aromatic rings. The number of nitrogens with zero attached hydrogens (tertiary/aromatic N) is 4. The Bertz CT molecular complexity index is 2290. The van der Waals surface area contributed by atoms with Gasteiger partial charge in [0.25, 0.3) is 0 Å². The van der Waals surface area contributed by atoms with Crippen molar-refractivity contribution in [2.24, 2.45) is 5.73 Å². The molecular formula is C42H47Cl2F4N5O7S2. The topological polar surface area (TPSA) is 151 Å². The molecule has 0 atom stereocenters. The van der Waals surface area contributed by atoms with E-state index in [0.29, 0.717) is 13.1 Å². The van der Waals surface area contributed by atoms with E-state index in [1.165, 1.54) is 55.6 Å². The summed E-state index contributed by atoms with van der Waals surface area (Å²) >= 11 is 11.7. The number of ketones is 1. The van der Waals surface area contributed by atoms with Crippen molar-refractivity contribution in [2.45, 2.75) is 38.8 Å². The summed E-state index contributed by atoms with van der Waals surface area (Å²) in [5.74, 6) is -4.33. The van der Waals surface area contributed by atoms with Crippen molar-refractivity contribution in [2.75, 3.05) is 73.0 Å². The Hall–Kier alpha value is -4.30. The Balaban J connectivity index is 0.000000234. The lowest BCUT2D eigenvalue weighted by atomic mass is 10.1. The molecule has 0 aliphatic carbocycles. The standard InChI is InChI=1S/C21H24ClF2N3O3S.C21H23ClF2N2O4S/c22-18-12-17(5-6-19(18)23)27(31(29,30)10-9-26-7-1-2-8-26)14-16-4-3-15(11-20(16)24)21(28)13-25;1-30-21(27)15-4-5-16(20(24)12-15)14-26(17-6-7-19(23)18(22)13-17)31(28,29)11-10-25-8-2-3-9-25/h3-6,11-12H,1-2,7-10,13-14,25H2;4-7,12-13H,2-3,8-11,14H2,1H3. The predicted octanol–water partition coefficient (Wildman–Crippen LogP) is 7.03. The van der Waals surface area contributed by atoms with Crippen molar-refractivity contribution in [1.29, 1.82) is 0 Å². The van der Waals surface area contributed by atoms with Gasteiger partial charge in [0.1, 0.15) is 23.3 Å². The number of sulfonamides is 2. The first kappa shape index (κ1) is 48.7. The van der Waals surface area contributed by atoms with E-state index in [0.717, 1.165) is 84.7 Å². The molecule has 62 heavy (non-hydrogen) atoms. The van der Waals surface area contributed by atoms with E-state index in [1.54, 1.807) is 0 Å². The van der Waals surface area contributed by atoms with Crippen LogP contribution in [0.15, 0.2) is 72.8 Å². The lowest BCUT2D eigenvalue weighted by Gasteiger charge is -2.26. The number of Topliss-reactive ketones (excluding diaryl/α,β-unsaturated/α-hetero) is 1. The Morgan fingerprint density at radius 2 is 1.03 bits per heavy atom. The van der Waals surface area contributed by atoms with Gasteiger partial charge in [0, 0.05) is 29.8 Å². The first-order valence-corrected chi connectivity index (χ1v) is 23.6. The fourth-order valence-corrected chi connectivity index (χ4v) is 10.2. The molecule has 0 aromatic heterocycles. The van der Waals surface area contributed by atoms with Crippen LogP contribution >= 0.6 is 23.2 Å². The van der Waals surface area contributed by atoms with Crippen molar-refractivity contribution in [1.82, 2.24) is 9.80 Å². The summed E-state index contributed by atoms with van der Waals surface area (Å²) in [6, 6.07) is 14.6. The van der Waals surface area contributed by atoms with Crippen LogP contribution in [0.3, 0.4) is 0 Å². The zero-order valence-electron chi connectivity index (χ0n) is 33.8. The van der Waals surface area contributed by atoms with Gasteiger partial charge in [0.15, 0.2) is 5.78 Å². The molecule has 0 bridgehead atoms. The van der Waals surface area contributed by atoms with Gasteiger partial charge in [-0.2, -0.15) is 0 Å². The Morgan fingerprint density at radius 3 is 1.40 bits per heavy atom. The number of methoxy groups -OCH3 is 1. The van der Waals surface area contributed by atoms with Gasteiger partial charge >= 0.3 is 5.97 Å². The third-order valence-electron chi connectivity index (χ3n) is 10.4. The molecule has 6 rings (SSSR count). The molecule has 20 heteroatoms. The quantitative estimate of drug-likeness (QED) is 0.0665. The molecule has 2 aliphatic rings. The molecule has 2 saturated heterocycles. The van der Waals surface area contributed by atoms with Gasteiger partial charge in [-0.1, -0.05) is 41.4 Å². The van der Waals surface area contributed by atoms with Gasteiger partial charge in [-0.25, -0.2) is 39.2 Å². The van der Waals surface area contributed by atoms with Gasteiger partial charge in [-0.3, -0.25) is 13.4 Å². The second kappa shape index (κ2) is 21.9. The van der Waals surface area contributed by atoms with Crippen LogP contribution in [0.25, 0.3) is 0 Å². The molecule has 0 radical (unpaired) electrons. The number of benzene rings is 4. The maximum Gasteiger partial charge on any atom is 0.337 e. The molecule has 0 amide bonds. The number of anilines is 2. The second-order valence-corrected chi connectivity index (χ2v) is 19.5. The lowest BCUT2D eigenvalue weighted by Crippen LogP contribution is -2.37. The second-order valence-electron chi connectivity index (χ2n) is 14.7. The number of rotatable bonds is 17. The van der Waals surface area contributed by atoms with Crippen molar-refractivity contribution >= 4 is 66.4 Å². The van der Waals surface area contributed by atoms with E-state index in [9.17, 15) is 44.0 Å². The van der Waals surface area contributed by atoms with E-state index >= 15 is 0 Å². The van der Waals surface area contributed by atoms with Crippen LogP contribution < -0.4 is 14.3 Å². The van der Waals surface area contributed by atoms with Gasteiger partial charge in [-0.15, -0.1) is 0 Å². The average molecular weight is 945 g/mol. The maximum atomic E-state index is 14.7. The number of carbonyl (C=O) groups is 2. The molecule has 0 unspecified atom stereocenters.